The van der Waals surface area contributed by atoms with Crippen LogP contribution in [0.25, 0.3) is 0 Å². The molecule has 2 heterocycles. The maximum atomic E-state index is 10.9. The maximum absolute atomic E-state index is 10.9. The van der Waals surface area contributed by atoms with E-state index < -0.39 is 5.97 Å². The molecule has 1 aromatic heterocycles. The molecule has 5 nitrogen and oxygen atoms in total. The van der Waals surface area contributed by atoms with Gasteiger partial charge in [-0.1, -0.05) is 20.8 Å². The number of rotatable bonds is 1. The number of imidazole rings is 1. The van der Waals surface area contributed by atoms with Gasteiger partial charge >= 0.3 is 5.97 Å². The highest BCUT2D eigenvalue weighted by molar-refractivity contribution is 5.85. The second-order valence-corrected chi connectivity index (χ2v) is 5.26. The molecule has 1 aromatic rings. The fourth-order valence-electron chi connectivity index (χ4n) is 2.18. The first kappa shape index (κ1) is 11.0. The van der Waals surface area contributed by atoms with Crippen LogP contribution in [-0.4, -0.2) is 27.2 Å². The molecule has 0 amide bonds. The van der Waals surface area contributed by atoms with Crippen LogP contribution < -0.4 is 5.32 Å². The minimum Gasteiger partial charge on any atom is -0.476 e. The number of carbonyl (C=O) groups is 1. The summed E-state index contributed by atoms with van der Waals surface area (Å²) in [4.78, 5) is 14.9. The van der Waals surface area contributed by atoms with E-state index in [0.717, 1.165) is 13.0 Å². The number of hydrogen-bond acceptors (Lipinski definition) is 3. The number of fused-ring (bicyclic) bond motifs is 1. The number of carboxylic acids is 1. The van der Waals surface area contributed by atoms with Gasteiger partial charge in [0, 0.05) is 18.8 Å². The van der Waals surface area contributed by atoms with Gasteiger partial charge in [0.05, 0.1) is 0 Å². The van der Waals surface area contributed by atoms with Crippen LogP contribution in [-0.2, 0) is 0 Å². The molecule has 0 fully saturated rings. The van der Waals surface area contributed by atoms with Crippen LogP contribution in [0.3, 0.4) is 0 Å². The standard InChI is InChI=1S/C11H17N3O2/c1-11(2,3)8-4-5-12-10-13-7(9(15)16)6-14(8)10/h6,8H,4-5H2,1-3H3,(H,12,13)(H,15,16). The molecule has 1 atom stereocenters. The average molecular weight is 223 g/mol. The first-order valence-corrected chi connectivity index (χ1v) is 5.45. The van der Waals surface area contributed by atoms with Crippen LogP contribution in [0.15, 0.2) is 6.20 Å². The molecule has 2 N–H and O–H groups in total. The van der Waals surface area contributed by atoms with E-state index >= 15 is 0 Å². The van der Waals surface area contributed by atoms with E-state index in [1.807, 2.05) is 4.57 Å². The van der Waals surface area contributed by atoms with Crippen LogP contribution in [0, 0.1) is 5.41 Å². The SMILES string of the molecule is CC(C)(C)C1CCNc2nc(C(=O)O)cn21. The van der Waals surface area contributed by atoms with Crippen molar-refractivity contribution < 1.29 is 9.90 Å². The molecule has 0 bridgehead atoms. The number of nitrogens with one attached hydrogen (secondary N) is 1. The summed E-state index contributed by atoms with van der Waals surface area (Å²) in [7, 11) is 0. The maximum Gasteiger partial charge on any atom is 0.356 e. The second kappa shape index (κ2) is 3.50. The molecule has 16 heavy (non-hydrogen) atoms. The lowest BCUT2D eigenvalue weighted by atomic mass is 9.84. The van der Waals surface area contributed by atoms with Crippen molar-refractivity contribution in [1.29, 1.82) is 0 Å². The van der Waals surface area contributed by atoms with Gasteiger partial charge in [0.2, 0.25) is 5.95 Å². The molecule has 0 aromatic carbocycles. The third-order valence-electron chi connectivity index (χ3n) is 2.99. The zero-order chi connectivity index (χ0) is 11.9. The largest absolute Gasteiger partial charge is 0.476 e. The van der Waals surface area contributed by atoms with Crippen molar-refractivity contribution >= 4 is 11.9 Å². The minimum absolute atomic E-state index is 0.104. The van der Waals surface area contributed by atoms with Gasteiger partial charge in [-0.25, -0.2) is 9.78 Å². The summed E-state index contributed by atoms with van der Waals surface area (Å²) in [5.41, 5.74) is 0.214. The molecular weight excluding hydrogens is 206 g/mol. The minimum atomic E-state index is -0.976. The van der Waals surface area contributed by atoms with E-state index in [1.165, 1.54) is 0 Å². The van der Waals surface area contributed by atoms with Crippen molar-refractivity contribution in [3.63, 3.8) is 0 Å². The molecule has 0 saturated carbocycles. The molecule has 5 heteroatoms. The van der Waals surface area contributed by atoms with Crippen LogP contribution in [0.2, 0.25) is 0 Å². The molecule has 1 aliphatic rings. The van der Waals surface area contributed by atoms with Crippen molar-refractivity contribution in [2.24, 2.45) is 5.41 Å². The Bertz CT molecular complexity index is 417. The number of hydrogen-bond donors (Lipinski definition) is 2. The van der Waals surface area contributed by atoms with Gasteiger partial charge in [-0.3, -0.25) is 0 Å². The van der Waals surface area contributed by atoms with Gasteiger partial charge in [0.25, 0.3) is 0 Å². The molecule has 0 saturated heterocycles. The number of aromatic carboxylic acids is 1. The summed E-state index contributed by atoms with van der Waals surface area (Å²) in [5.74, 6) is -0.306. The third-order valence-corrected chi connectivity index (χ3v) is 2.99. The Kier molecular flexibility index (Phi) is 2.40. The Morgan fingerprint density at radius 1 is 1.62 bits per heavy atom. The zero-order valence-electron chi connectivity index (χ0n) is 9.82. The highest BCUT2D eigenvalue weighted by Gasteiger charge is 2.31. The average Bonchev–Trinajstić information content (AvgIpc) is 2.58. The Morgan fingerprint density at radius 2 is 2.31 bits per heavy atom. The lowest BCUT2D eigenvalue weighted by molar-refractivity contribution is 0.0690. The molecule has 1 unspecified atom stereocenters. The highest BCUT2D eigenvalue weighted by atomic mass is 16.4. The number of anilines is 1. The van der Waals surface area contributed by atoms with E-state index in [2.05, 4.69) is 31.1 Å². The van der Waals surface area contributed by atoms with Crippen LogP contribution in [0.5, 0.6) is 0 Å². The van der Waals surface area contributed by atoms with E-state index in [-0.39, 0.29) is 11.1 Å². The van der Waals surface area contributed by atoms with Crippen LogP contribution in [0.4, 0.5) is 5.95 Å². The fourth-order valence-corrected chi connectivity index (χ4v) is 2.18. The van der Waals surface area contributed by atoms with Crippen LogP contribution in [0.1, 0.15) is 43.7 Å². The lowest BCUT2D eigenvalue weighted by Gasteiger charge is -2.36. The zero-order valence-corrected chi connectivity index (χ0v) is 9.82. The van der Waals surface area contributed by atoms with E-state index in [4.69, 9.17) is 5.11 Å². The van der Waals surface area contributed by atoms with E-state index in [0.29, 0.717) is 12.0 Å². The Hall–Kier alpha value is -1.52. The molecule has 0 radical (unpaired) electrons. The number of nitrogens with zero attached hydrogens (tertiary/aromatic N) is 2. The number of carboxylic acid groups (broad SMARTS) is 1. The summed E-state index contributed by atoms with van der Waals surface area (Å²) in [6.45, 7) is 7.33. The second-order valence-electron chi connectivity index (χ2n) is 5.26. The molecule has 88 valence electrons. The Morgan fingerprint density at radius 3 is 2.88 bits per heavy atom. The summed E-state index contributed by atoms with van der Waals surface area (Å²) < 4.78 is 1.95. The predicted octanol–water partition coefficient (Wildman–Crippen LogP) is 1.98. The third kappa shape index (κ3) is 1.77. The normalized spacial score (nSPS) is 20.1. The molecule has 0 spiro atoms. The van der Waals surface area contributed by atoms with Crippen LogP contribution >= 0.6 is 0 Å². The number of aromatic nitrogens is 2. The summed E-state index contributed by atoms with van der Waals surface area (Å²) in [6.07, 6.45) is 2.62. The summed E-state index contributed by atoms with van der Waals surface area (Å²) >= 11 is 0. The van der Waals surface area contributed by atoms with Crippen molar-refractivity contribution in [2.75, 3.05) is 11.9 Å². The van der Waals surface area contributed by atoms with Gasteiger partial charge < -0.3 is 15.0 Å². The first-order valence-electron chi connectivity index (χ1n) is 5.45. The molecular formula is C11H17N3O2. The van der Waals surface area contributed by atoms with Gasteiger partial charge in [-0.05, 0) is 11.8 Å². The van der Waals surface area contributed by atoms with Crippen molar-refractivity contribution in [1.82, 2.24) is 9.55 Å². The topological polar surface area (TPSA) is 67.2 Å². The Balaban J connectivity index is 2.42. The first-order chi connectivity index (χ1) is 7.39. The quantitative estimate of drug-likeness (QED) is 0.764. The van der Waals surface area contributed by atoms with E-state index in [9.17, 15) is 4.79 Å². The smallest absolute Gasteiger partial charge is 0.356 e. The predicted molar refractivity (Wildman–Crippen MR) is 60.8 cm³/mol. The van der Waals surface area contributed by atoms with Gasteiger partial charge in [-0.2, -0.15) is 0 Å². The Labute approximate surface area is 94.5 Å². The van der Waals surface area contributed by atoms with Gasteiger partial charge in [0.15, 0.2) is 5.69 Å². The molecule has 2 rings (SSSR count). The van der Waals surface area contributed by atoms with Crippen molar-refractivity contribution in [2.45, 2.75) is 33.2 Å². The van der Waals surface area contributed by atoms with Gasteiger partial charge in [0.1, 0.15) is 0 Å². The molecule has 0 aliphatic carbocycles. The fraction of sp³-hybridized carbons (Fsp3) is 0.636. The highest BCUT2D eigenvalue weighted by Crippen LogP contribution is 2.37. The van der Waals surface area contributed by atoms with Crippen molar-refractivity contribution in [3.05, 3.63) is 11.9 Å². The van der Waals surface area contributed by atoms with Gasteiger partial charge in [-0.15, -0.1) is 0 Å². The summed E-state index contributed by atoms with van der Waals surface area (Å²) in [5, 5.41) is 12.0. The lowest BCUT2D eigenvalue weighted by Crippen LogP contribution is -2.31. The monoisotopic (exact) mass is 223 g/mol. The van der Waals surface area contributed by atoms with Crippen molar-refractivity contribution in [3.8, 4) is 0 Å². The molecule has 1 aliphatic heterocycles. The van der Waals surface area contributed by atoms with E-state index in [1.54, 1.807) is 6.20 Å². The summed E-state index contributed by atoms with van der Waals surface area (Å²) in [6, 6.07) is 0.296.